The molecule has 0 aliphatic carbocycles. The summed E-state index contributed by atoms with van der Waals surface area (Å²) in [5, 5.41) is 8.11. The van der Waals surface area contributed by atoms with Gasteiger partial charge in [0.05, 0.1) is 12.6 Å². The number of halogens is 2. The van der Waals surface area contributed by atoms with Gasteiger partial charge >= 0.3 is 0 Å². The minimum Gasteiger partial charge on any atom is -0.351 e. The topological polar surface area (TPSA) is 117 Å². The molecule has 1 saturated heterocycles. The lowest BCUT2D eigenvalue weighted by Crippen LogP contribution is -2.46. The van der Waals surface area contributed by atoms with Crippen molar-refractivity contribution in [1.29, 1.82) is 0 Å². The molecule has 0 radical (unpaired) electrons. The van der Waals surface area contributed by atoms with Crippen molar-refractivity contribution in [1.82, 2.24) is 15.5 Å². The summed E-state index contributed by atoms with van der Waals surface area (Å²) in [6, 6.07) is 6.00. The Kier molecular flexibility index (Phi) is 13.3. The third kappa shape index (κ3) is 9.30. The molecular weight excluding hydrogens is 429 g/mol. The molecule has 0 aromatic heterocycles. The van der Waals surface area contributed by atoms with Gasteiger partial charge in [0.25, 0.3) is 5.91 Å². The zero-order valence-electron chi connectivity index (χ0n) is 17.5. The number of amides is 3. The number of hydrogen-bond acceptors (Lipinski definition) is 5. The Balaban J connectivity index is 0.00000420. The molecule has 170 valence electrons. The number of hydrogen-bond donors (Lipinski definition) is 4. The van der Waals surface area contributed by atoms with Crippen molar-refractivity contribution in [3.8, 4) is 0 Å². The lowest BCUT2D eigenvalue weighted by atomic mass is 10.1. The summed E-state index contributed by atoms with van der Waals surface area (Å²) < 4.78 is 0. The highest BCUT2D eigenvalue weighted by Gasteiger charge is 2.17. The number of nitrogens with one attached hydrogen (secondary N) is 3. The average molecular weight is 462 g/mol. The van der Waals surface area contributed by atoms with Crippen LogP contribution in [0.5, 0.6) is 0 Å². The van der Waals surface area contributed by atoms with E-state index in [0.29, 0.717) is 17.8 Å². The Morgan fingerprint density at radius 2 is 1.63 bits per heavy atom. The van der Waals surface area contributed by atoms with Gasteiger partial charge in [-0.3, -0.25) is 14.4 Å². The smallest absolute Gasteiger partial charge is 0.251 e. The second kappa shape index (κ2) is 14.2. The molecule has 1 atom stereocenters. The van der Waals surface area contributed by atoms with Crippen LogP contribution in [0.15, 0.2) is 24.3 Å². The third-order valence-corrected chi connectivity index (χ3v) is 4.79. The van der Waals surface area contributed by atoms with Gasteiger partial charge in [-0.15, -0.1) is 24.8 Å². The van der Waals surface area contributed by atoms with E-state index >= 15 is 0 Å². The van der Waals surface area contributed by atoms with E-state index in [1.807, 2.05) is 13.8 Å². The molecule has 0 unspecified atom stereocenters. The minimum absolute atomic E-state index is 0. The standard InChI is InChI=1S/C20H31N5O3.2ClH/c1-14(2)18(21)20(28)23-13-17(26)24-16-7-5-15(6-8-16)19(27)22-9-12-25-10-3-4-11-25;;/h5-8,14,18H,3-4,9-13,21H2,1-2H3,(H,22,27)(H,23,28)(H,24,26);2*1H/t18-;;/m0../s1. The zero-order chi connectivity index (χ0) is 20.5. The van der Waals surface area contributed by atoms with Crippen molar-refractivity contribution < 1.29 is 14.4 Å². The van der Waals surface area contributed by atoms with Gasteiger partial charge in [-0.1, -0.05) is 13.8 Å². The molecule has 1 aliphatic heterocycles. The van der Waals surface area contributed by atoms with Crippen molar-refractivity contribution in [2.45, 2.75) is 32.7 Å². The van der Waals surface area contributed by atoms with Gasteiger partial charge in [-0.05, 0) is 56.1 Å². The van der Waals surface area contributed by atoms with E-state index in [2.05, 4.69) is 20.9 Å². The van der Waals surface area contributed by atoms with E-state index in [1.54, 1.807) is 24.3 Å². The molecule has 1 aromatic carbocycles. The molecule has 0 bridgehead atoms. The molecule has 0 saturated carbocycles. The second-order valence-electron chi connectivity index (χ2n) is 7.42. The Labute approximate surface area is 190 Å². The first-order valence-electron chi connectivity index (χ1n) is 9.80. The van der Waals surface area contributed by atoms with E-state index in [9.17, 15) is 14.4 Å². The van der Waals surface area contributed by atoms with Crippen LogP contribution in [0, 0.1) is 5.92 Å². The highest BCUT2D eigenvalue weighted by atomic mass is 35.5. The molecule has 0 spiro atoms. The minimum atomic E-state index is -0.643. The van der Waals surface area contributed by atoms with Gasteiger partial charge in [0.15, 0.2) is 0 Å². The molecule has 8 nitrogen and oxygen atoms in total. The summed E-state index contributed by atoms with van der Waals surface area (Å²) in [6.07, 6.45) is 2.46. The molecular formula is C20H33Cl2N5O3. The van der Waals surface area contributed by atoms with Crippen LogP contribution in [-0.2, 0) is 9.59 Å². The maximum atomic E-state index is 12.2. The van der Waals surface area contributed by atoms with Crippen LogP contribution in [-0.4, -0.2) is 61.4 Å². The first kappa shape index (κ1) is 28.1. The van der Waals surface area contributed by atoms with Crippen LogP contribution in [0.25, 0.3) is 0 Å². The number of benzene rings is 1. The summed E-state index contributed by atoms with van der Waals surface area (Å²) >= 11 is 0. The molecule has 3 amide bonds. The SMILES string of the molecule is CC(C)[C@H](N)C(=O)NCC(=O)Nc1ccc(C(=O)NCCN2CCCC2)cc1.Cl.Cl. The Bertz CT molecular complexity index is 680. The summed E-state index contributed by atoms with van der Waals surface area (Å²) in [4.78, 5) is 38.2. The summed E-state index contributed by atoms with van der Waals surface area (Å²) in [5.41, 5.74) is 6.82. The summed E-state index contributed by atoms with van der Waals surface area (Å²) in [5.74, 6) is -0.845. The van der Waals surface area contributed by atoms with Crippen LogP contribution in [0.4, 0.5) is 5.69 Å². The predicted molar refractivity (Wildman–Crippen MR) is 123 cm³/mol. The van der Waals surface area contributed by atoms with Crippen molar-refractivity contribution >= 4 is 48.2 Å². The molecule has 1 fully saturated rings. The fourth-order valence-corrected chi connectivity index (χ4v) is 2.93. The molecule has 2 rings (SSSR count). The molecule has 30 heavy (non-hydrogen) atoms. The molecule has 1 heterocycles. The predicted octanol–water partition coefficient (Wildman–Crippen LogP) is 1.39. The third-order valence-electron chi connectivity index (χ3n) is 4.79. The second-order valence-corrected chi connectivity index (χ2v) is 7.42. The maximum Gasteiger partial charge on any atom is 0.251 e. The molecule has 1 aromatic rings. The van der Waals surface area contributed by atoms with Gasteiger partial charge in [-0.2, -0.15) is 0 Å². The normalized spacial score (nSPS) is 14.3. The van der Waals surface area contributed by atoms with Crippen LogP contribution < -0.4 is 21.7 Å². The van der Waals surface area contributed by atoms with E-state index in [4.69, 9.17) is 5.73 Å². The van der Waals surface area contributed by atoms with Crippen LogP contribution in [0.3, 0.4) is 0 Å². The van der Waals surface area contributed by atoms with Crippen molar-refractivity contribution in [2.75, 3.05) is 38.0 Å². The monoisotopic (exact) mass is 461 g/mol. The zero-order valence-corrected chi connectivity index (χ0v) is 19.1. The van der Waals surface area contributed by atoms with Crippen molar-refractivity contribution in [3.05, 3.63) is 29.8 Å². The van der Waals surface area contributed by atoms with Crippen LogP contribution in [0.1, 0.15) is 37.0 Å². The molecule has 5 N–H and O–H groups in total. The van der Waals surface area contributed by atoms with Crippen molar-refractivity contribution in [2.24, 2.45) is 11.7 Å². The highest BCUT2D eigenvalue weighted by molar-refractivity contribution is 5.97. The lowest BCUT2D eigenvalue weighted by Gasteiger charge is -2.15. The van der Waals surface area contributed by atoms with Crippen LogP contribution >= 0.6 is 24.8 Å². The number of likely N-dealkylation sites (tertiary alicyclic amines) is 1. The Morgan fingerprint density at radius 3 is 2.20 bits per heavy atom. The highest BCUT2D eigenvalue weighted by Crippen LogP contribution is 2.10. The van der Waals surface area contributed by atoms with Gasteiger partial charge in [0, 0.05) is 24.3 Å². The number of anilines is 1. The first-order chi connectivity index (χ1) is 13.4. The largest absolute Gasteiger partial charge is 0.351 e. The number of rotatable bonds is 9. The van der Waals surface area contributed by atoms with E-state index in [-0.39, 0.29) is 55.0 Å². The van der Waals surface area contributed by atoms with Gasteiger partial charge < -0.3 is 26.6 Å². The fraction of sp³-hybridized carbons (Fsp3) is 0.550. The van der Waals surface area contributed by atoms with Gasteiger partial charge in [-0.25, -0.2) is 0 Å². The quantitative estimate of drug-likeness (QED) is 0.443. The number of nitrogens with two attached hydrogens (primary N) is 1. The van der Waals surface area contributed by atoms with Gasteiger partial charge in [0.1, 0.15) is 0 Å². The van der Waals surface area contributed by atoms with E-state index in [0.717, 1.165) is 19.6 Å². The van der Waals surface area contributed by atoms with Gasteiger partial charge in [0.2, 0.25) is 11.8 Å². The number of carbonyl (C=O) groups excluding carboxylic acids is 3. The fourth-order valence-electron chi connectivity index (χ4n) is 2.93. The molecule has 10 heteroatoms. The van der Waals surface area contributed by atoms with E-state index in [1.165, 1.54) is 12.8 Å². The average Bonchev–Trinajstić information content (AvgIpc) is 3.19. The summed E-state index contributed by atoms with van der Waals surface area (Å²) in [7, 11) is 0. The Morgan fingerprint density at radius 1 is 1.03 bits per heavy atom. The number of nitrogens with zero attached hydrogens (tertiary/aromatic N) is 1. The van der Waals surface area contributed by atoms with Crippen LogP contribution in [0.2, 0.25) is 0 Å². The Hall–Kier alpha value is -1.87. The number of carbonyl (C=O) groups is 3. The first-order valence-corrected chi connectivity index (χ1v) is 9.80. The maximum absolute atomic E-state index is 12.2. The van der Waals surface area contributed by atoms with Crippen molar-refractivity contribution in [3.63, 3.8) is 0 Å². The summed E-state index contributed by atoms with van der Waals surface area (Å²) in [6.45, 7) is 7.23. The molecule has 1 aliphatic rings. The lowest BCUT2D eigenvalue weighted by molar-refractivity contribution is -0.125. The van der Waals surface area contributed by atoms with E-state index < -0.39 is 6.04 Å².